The zero-order valence-corrected chi connectivity index (χ0v) is 18.0. The summed E-state index contributed by atoms with van der Waals surface area (Å²) >= 11 is 0. The molecule has 9 nitrogen and oxygen atoms in total. The molecule has 0 fully saturated rings. The second-order valence-corrected chi connectivity index (χ2v) is 10.1. The summed E-state index contributed by atoms with van der Waals surface area (Å²) in [7, 11) is -4.54. The largest absolute Gasteiger partial charge is 0.475 e. The summed E-state index contributed by atoms with van der Waals surface area (Å²) in [5, 5.41) is 9.05. The molecule has 1 aromatic heterocycles. The lowest BCUT2D eigenvalue weighted by atomic mass is 9.87. The van der Waals surface area contributed by atoms with Crippen molar-refractivity contribution in [2.24, 2.45) is 0 Å². The summed E-state index contributed by atoms with van der Waals surface area (Å²) in [6, 6.07) is 5.55. The molecule has 0 radical (unpaired) electrons. The van der Waals surface area contributed by atoms with Crippen LogP contribution >= 0.6 is 7.60 Å². The van der Waals surface area contributed by atoms with Gasteiger partial charge in [-0.1, -0.05) is 20.8 Å². The number of nitrogens with zero attached hydrogens (tertiary/aromatic N) is 2. The molecule has 0 saturated heterocycles. The SMILES string of the molecule is CC(C)(C)Oc1cc(Oc2cc(C(C)(C)C)cc(P(=O)(O)O)c2)nc(C(=O)O)n1. The summed E-state index contributed by atoms with van der Waals surface area (Å²) in [6.45, 7) is 11.0. The van der Waals surface area contributed by atoms with Gasteiger partial charge in [0.2, 0.25) is 17.6 Å². The summed E-state index contributed by atoms with van der Waals surface area (Å²) in [5.74, 6) is -1.91. The van der Waals surface area contributed by atoms with Gasteiger partial charge in [0, 0.05) is 0 Å². The highest BCUT2D eigenvalue weighted by molar-refractivity contribution is 7.60. The van der Waals surface area contributed by atoms with Gasteiger partial charge >= 0.3 is 13.6 Å². The molecular weight excluding hydrogens is 399 g/mol. The molecule has 0 aliphatic rings. The third-order valence-corrected chi connectivity index (χ3v) is 4.53. The number of carbonyl (C=O) groups is 1. The molecular formula is C19H25N2O7P. The predicted molar refractivity (Wildman–Crippen MR) is 106 cm³/mol. The Labute approximate surface area is 168 Å². The minimum Gasteiger partial charge on any atom is -0.475 e. The van der Waals surface area contributed by atoms with Crippen molar-refractivity contribution < 1.29 is 33.7 Å². The van der Waals surface area contributed by atoms with Crippen molar-refractivity contribution in [2.75, 3.05) is 0 Å². The number of aromatic nitrogens is 2. The van der Waals surface area contributed by atoms with Crippen LogP contribution in [0.15, 0.2) is 24.3 Å². The van der Waals surface area contributed by atoms with Gasteiger partial charge in [-0.15, -0.1) is 0 Å². The quantitative estimate of drug-likeness (QED) is 0.617. The van der Waals surface area contributed by atoms with E-state index in [4.69, 9.17) is 9.47 Å². The lowest BCUT2D eigenvalue weighted by Gasteiger charge is -2.22. The van der Waals surface area contributed by atoms with Gasteiger partial charge in [0.15, 0.2) is 0 Å². The van der Waals surface area contributed by atoms with Crippen LogP contribution in [-0.2, 0) is 9.98 Å². The van der Waals surface area contributed by atoms with E-state index in [0.717, 1.165) is 0 Å². The lowest BCUT2D eigenvalue weighted by molar-refractivity contribution is 0.0675. The fourth-order valence-corrected chi connectivity index (χ4v) is 2.88. The fraction of sp³-hybridized carbons (Fsp3) is 0.421. The molecule has 1 aromatic carbocycles. The van der Waals surface area contributed by atoms with Crippen molar-refractivity contribution >= 4 is 18.9 Å². The van der Waals surface area contributed by atoms with E-state index < -0.39 is 30.4 Å². The number of aromatic carboxylic acids is 1. The zero-order valence-electron chi connectivity index (χ0n) is 17.1. The minimum absolute atomic E-state index is 0.00193. The minimum atomic E-state index is -4.54. The Bertz CT molecular complexity index is 971. The number of carboxylic acid groups (broad SMARTS) is 1. The zero-order chi connectivity index (χ0) is 22.2. The first-order valence-corrected chi connectivity index (χ1v) is 10.4. The third-order valence-electron chi connectivity index (χ3n) is 3.60. The molecule has 158 valence electrons. The van der Waals surface area contributed by atoms with Crippen LogP contribution in [0, 0.1) is 0 Å². The Morgan fingerprint density at radius 2 is 1.55 bits per heavy atom. The lowest BCUT2D eigenvalue weighted by Crippen LogP contribution is -2.24. The molecule has 0 bridgehead atoms. The number of rotatable bonds is 5. The average Bonchev–Trinajstić information content (AvgIpc) is 2.50. The first kappa shape index (κ1) is 22.8. The van der Waals surface area contributed by atoms with E-state index in [1.54, 1.807) is 26.8 Å². The van der Waals surface area contributed by atoms with Crippen molar-refractivity contribution in [1.82, 2.24) is 9.97 Å². The summed E-state index contributed by atoms with van der Waals surface area (Å²) in [4.78, 5) is 38.2. The fourth-order valence-electron chi connectivity index (χ4n) is 2.28. The van der Waals surface area contributed by atoms with Crippen molar-refractivity contribution in [3.63, 3.8) is 0 Å². The van der Waals surface area contributed by atoms with Gasteiger partial charge in [0.25, 0.3) is 0 Å². The molecule has 0 amide bonds. The molecule has 0 atom stereocenters. The van der Waals surface area contributed by atoms with Crippen molar-refractivity contribution in [3.8, 4) is 17.5 Å². The van der Waals surface area contributed by atoms with E-state index in [9.17, 15) is 24.3 Å². The van der Waals surface area contributed by atoms with Gasteiger partial charge in [-0.05, 0) is 49.9 Å². The van der Waals surface area contributed by atoms with Crippen LogP contribution in [0.2, 0.25) is 0 Å². The Hall–Kier alpha value is -2.48. The van der Waals surface area contributed by atoms with Crippen LogP contribution in [0.3, 0.4) is 0 Å². The first-order chi connectivity index (χ1) is 13.0. The van der Waals surface area contributed by atoms with E-state index in [0.29, 0.717) is 5.56 Å². The first-order valence-electron chi connectivity index (χ1n) is 8.75. The number of benzene rings is 1. The maximum Gasteiger partial charge on any atom is 0.374 e. The molecule has 0 aliphatic carbocycles. The van der Waals surface area contributed by atoms with Gasteiger partial charge in [0.05, 0.1) is 11.4 Å². The number of hydrogen-bond donors (Lipinski definition) is 3. The monoisotopic (exact) mass is 424 g/mol. The number of carboxylic acids is 1. The topological polar surface area (TPSA) is 139 Å². The summed E-state index contributed by atoms with van der Waals surface area (Å²) < 4.78 is 23.1. The second kappa shape index (κ2) is 7.74. The van der Waals surface area contributed by atoms with Crippen LogP contribution < -0.4 is 14.8 Å². The van der Waals surface area contributed by atoms with Gasteiger partial charge in [-0.2, -0.15) is 9.97 Å². The molecule has 0 aliphatic heterocycles. The summed E-state index contributed by atoms with van der Waals surface area (Å²) in [5.41, 5.74) is -0.421. The van der Waals surface area contributed by atoms with Crippen LogP contribution in [-0.4, -0.2) is 36.4 Å². The van der Waals surface area contributed by atoms with Crippen molar-refractivity contribution in [2.45, 2.75) is 52.6 Å². The highest BCUT2D eigenvalue weighted by Gasteiger charge is 2.24. The molecule has 29 heavy (non-hydrogen) atoms. The Morgan fingerprint density at radius 1 is 0.966 bits per heavy atom. The van der Waals surface area contributed by atoms with Gasteiger partial charge in [-0.25, -0.2) is 4.79 Å². The summed E-state index contributed by atoms with van der Waals surface area (Å²) in [6.07, 6.45) is 0. The predicted octanol–water partition coefficient (Wildman–Crippen LogP) is 3.24. The van der Waals surface area contributed by atoms with Crippen molar-refractivity contribution in [1.29, 1.82) is 0 Å². The van der Waals surface area contributed by atoms with E-state index in [1.807, 2.05) is 20.8 Å². The molecule has 10 heteroatoms. The van der Waals surface area contributed by atoms with E-state index in [1.165, 1.54) is 18.2 Å². The Morgan fingerprint density at radius 3 is 2.03 bits per heavy atom. The van der Waals surface area contributed by atoms with E-state index in [2.05, 4.69) is 9.97 Å². The molecule has 1 heterocycles. The number of ether oxygens (including phenoxy) is 2. The molecule has 0 spiro atoms. The molecule has 2 rings (SSSR count). The smallest absolute Gasteiger partial charge is 0.374 e. The molecule has 2 aromatic rings. The van der Waals surface area contributed by atoms with Gasteiger partial charge < -0.3 is 24.4 Å². The normalized spacial score (nSPS) is 12.6. The highest BCUT2D eigenvalue weighted by atomic mass is 31.2. The molecule has 3 N–H and O–H groups in total. The highest BCUT2D eigenvalue weighted by Crippen LogP contribution is 2.38. The maximum absolute atomic E-state index is 11.8. The molecule has 0 unspecified atom stereocenters. The Kier molecular flexibility index (Phi) is 6.09. The van der Waals surface area contributed by atoms with Crippen LogP contribution in [0.25, 0.3) is 0 Å². The third kappa shape index (κ3) is 6.52. The standard InChI is InChI=1S/C19H25N2O7P/c1-18(2,3)11-7-12(9-13(8-11)29(24,25)26)27-14-10-15(28-19(4,5)6)21-16(20-14)17(22)23/h7-10H,1-6H3,(H,22,23)(H2,24,25,26). The van der Waals surface area contributed by atoms with Gasteiger partial charge in [0.1, 0.15) is 11.4 Å². The number of hydrogen-bond acceptors (Lipinski definition) is 6. The average molecular weight is 424 g/mol. The van der Waals surface area contributed by atoms with E-state index >= 15 is 0 Å². The van der Waals surface area contributed by atoms with Crippen LogP contribution in [0.5, 0.6) is 17.5 Å². The Balaban J connectivity index is 2.55. The second-order valence-electron chi connectivity index (χ2n) is 8.50. The van der Waals surface area contributed by atoms with Crippen LogP contribution in [0.1, 0.15) is 57.7 Å². The van der Waals surface area contributed by atoms with Gasteiger partial charge in [-0.3, -0.25) is 4.57 Å². The van der Waals surface area contributed by atoms with Crippen molar-refractivity contribution in [3.05, 3.63) is 35.7 Å². The molecule has 0 saturated carbocycles. The van der Waals surface area contributed by atoms with Crippen LogP contribution in [0.4, 0.5) is 0 Å². The maximum atomic E-state index is 11.8. The van der Waals surface area contributed by atoms with E-state index in [-0.39, 0.29) is 22.8 Å².